The number of nitrogens with one attached hydrogen (secondary N) is 1. The van der Waals surface area contributed by atoms with Gasteiger partial charge in [0, 0.05) is 13.2 Å². The summed E-state index contributed by atoms with van der Waals surface area (Å²) in [5.41, 5.74) is -4.73. The van der Waals surface area contributed by atoms with Crippen LogP contribution in [-0.2, 0) is 13.2 Å². The Labute approximate surface area is 142 Å². The first-order valence-electron chi connectivity index (χ1n) is 5.88. The van der Waals surface area contributed by atoms with Gasteiger partial charge in [0.1, 0.15) is 11.3 Å². The number of rotatable bonds is 2. The van der Waals surface area contributed by atoms with Crippen LogP contribution < -0.4 is 5.32 Å². The van der Waals surface area contributed by atoms with Crippen LogP contribution >= 0.6 is 22.6 Å². The number of hydrogen-bond donors (Lipinski definition) is 1. The van der Waals surface area contributed by atoms with E-state index in [0.29, 0.717) is 0 Å². The summed E-state index contributed by atoms with van der Waals surface area (Å²) in [5, 5.41) is 5.14. The zero-order valence-corrected chi connectivity index (χ0v) is 13.6. The van der Waals surface area contributed by atoms with Gasteiger partial charge in [-0.15, -0.1) is 0 Å². The van der Waals surface area contributed by atoms with Crippen molar-refractivity contribution >= 4 is 34.2 Å². The van der Waals surface area contributed by atoms with Gasteiger partial charge in [0.2, 0.25) is 0 Å². The Balaban J connectivity index is 2.53. The predicted molar refractivity (Wildman–Crippen MR) is 75.2 cm³/mol. The molecule has 0 aliphatic heterocycles. The van der Waals surface area contributed by atoms with E-state index in [1.807, 2.05) is 0 Å². The van der Waals surface area contributed by atoms with Crippen LogP contribution in [0.3, 0.4) is 0 Å². The Kier molecular flexibility index (Phi) is 4.79. The summed E-state index contributed by atoms with van der Waals surface area (Å²) in [7, 11) is 1.43. The first-order valence-corrected chi connectivity index (χ1v) is 6.96. The molecular formula is C12H5F7IN3O. The molecule has 1 aromatic carbocycles. The highest BCUT2D eigenvalue weighted by molar-refractivity contribution is 14.1. The van der Waals surface area contributed by atoms with Crippen LogP contribution in [0.25, 0.3) is 0 Å². The van der Waals surface area contributed by atoms with Crippen molar-refractivity contribution in [1.29, 1.82) is 0 Å². The highest BCUT2D eigenvalue weighted by atomic mass is 127. The largest absolute Gasteiger partial charge is 0.422 e. The molecule has 2 rings (SSSR count). The van der Waals surface area contributed by atoms with Crippen molar-refractivity contribution in [2.24, 2.45) is 7.05 Å². The highest BCUT2D eigenvalue weighted by Gasteiger charge is 2.42. The number of hydrogen-bond acceptors (Lipinski definition) is 2. The van der Waals surface area contributed by atoms with Crippen LogP contribution in [0, 0.1) is 26.8 Å². The zero-order chi connectivity index (χ0) is 18.4. The molecule has 0 bridgehead atoms. The van der Waals surface area contributed by atoms with Crippen LogP contribution in [0.4, 0.5) is 36.4 Å². The molecule has 0 saturated carbocycles. The third kappa shape index (κ3) is 3.18. The second-order valence-electron chi connectivity index (χ2n) is 4.46. The molecule has 24 heavy (non-hydrogen) atoms. The van der Waals surface area contributed by atoms with Crippen molar-refractivity contribution in [2.75, 3.05) is 5.32 Å². The molecule has 1 N–H and O–H groups in total. The lowest BCUT2D eigenvalue weighted by Gasteiger charge is -2.14. The molecule has 1 heterocycles. The van der Waals surface area contributed by atoms with E-state index in [1.54, 1.807) is 22.6 Å². The predicted octanol–water partition coefficient (Wildman–Crippen LogP) is 3.85. The second-order valence-corrected chi connectivity index (χ2v) is 5.62. The average molecular weight is 467 g/mol. The fourth-order valence-corrected chi connectivity index (χ4v) is 2.53. The minimum absolute atomic E-state index is 0.237. The summed E-state index contributed by atoms with van der Waals surface area (Å²) >= 11 is 1.66. The third-order valence-corrected chi connectivity index (χ3v) is 3.57. The fourth-order valence-electron chi connectivity index (χ4n) is 1.78. The summed E-state index contributed by atoms with van der Waals surface area (Å²) < 4.78 is 93.1. The number of carbonyl (C=O) groups excluding carboxylic acids is 1. The molecule has 1 aromatic heterocycles. The van der Waals surface area contributed by atoms with Crippen molar-refractivity contribution in [3.05, 3.63) is 44.3 Å². The van der Waals surface area contributed by atoms with Gasteiger partial charge >= 0.3 is 6.18 Å². The Bertz CT molecular complexity index is 802. The summed E-state index contributed by atoms with van der Waals surface area (Å²) in [5.74, 6) is -11.3. The van der Waals surface area contributed by atoms with Gasteiger partial charge in [-0.05, 0) is 22.6 Å². The molecule has 0 spiro atoms. The Morgan fingerprint density at radius 1 is 1.12 bits per heavy atom. The first-order chi connectivity index (χ1) is 10.9. The highest BCUT2D eigenvalue weighted by Crippen LogP contribution is 2.38. The van der Waals surface area contributed by atoms with Crippen LogP contribution in [0.2, 0.25) is 0 Å². The molecule has 0 radical (unpaired) electrons. The Morgan fingerprint density at radius 3 is 2.00 bits per heavy atom. The molecule has 0 saturated heterocycles. The molecule has 0 atom stereocenters. The summed E-state index contributed by atoms with van der Waals surface area (Å²) in [6.07, 6.45) is -4.30. The monoisotopic (exact) mass is 467 g/mol. The van der Waals surface area contributed by atoms with Crippen molar-refractivity contribution < 1.29 is 35.5 Å². The van der Waals surface area contributed by atoms with E-state index >= 15 is 0 Å². The van der Waals surface area contributed by atoms with Gasteiger partial charge in [0.25, 0.3) is 5.91 Å². The Morgan fingerprint density at radius 2 is 1.62 bits per heavy atom. The van der Waals surface area contributed by atoms with E-state index in [-0.39, 0.29) is 9.26 Å². The van der Waals surface area contributed by atoms with Crippen molar-refractivity contribution in [1.82, 2.24) is 9.78 Å². The van der Waals surface area contributed by atoms with Gasteiger partial charge in [-0.25, -0.2) is 17.6 Å². The number of aromatic nitrogens is 2. The van der Waals surface area contributed by atoms with Gasteiger partial charge in [0.05, 0.1) is 3.57 Å². The maximum atomic E-state index is 13.7. The minimum atomic E-state index is -5.66. The van der Waals surface area contributed by atoms with Crippen molar-refractivity contribution in [3.8, 4) is 0 Å². The maximum Gasteiger partial charge on any atom is 0.422 e. The van der Waals surface area contributed by atoms with Gasteiger partial charge in [-0.3, -0.25) is 9.48 Å². The lowest BCUT2D eigenvalue weighted by molar-refractivity contribution is -0.143. The quantitative estimate of drug-likeness (QED) is 0.415. The topological polar surface area (TPSA) is 46.9 Å². The molecule has 0 aliphatic carbocycles. The lowest BCUT2D eigenvalue weighted by atomic mass is 10.1. The molecule has 0 fully saturated rings. The third-order valence-electron chi connectivity index (χ3n) is 2.78. The van der Waals surface area contributed by atoms with E-state index < -0.39 is 46.6 Å². The number of nitrogens with zero attached hydrogens (tertiary/aromatic N) is 2. The molecule has 2 aromatic rings. The molecule has 4 nitrogen and oxygen atoms in total. The maximum absolute atomic E-state index is 13.7. The number of alkyl halides is 3. The van der Waals surface area contributed by atoms with E-state index in [0.717, 1.165) is 0 Å². The van der Waals surface area contributed by atoms with Crippen LogP contribution in [0.15, 0.2) is 6.20 Å². The second kappa shape index (κ2) is 6.22. The first kappa shape index (κ1) is 18.5. The van der Waals surface area contributed by atoms with E-state index in [2.05, 4.69) is 5.10 Å². The smallest absolute Gasteiger partial charge is 0.315 e. The average Bonchev–Trinajstić information content (AvgIpc) is 2.79. The Hall–Kier alpha value is -1.86. The van der Waals surface area contributed by atoms with Crippen LogP contribution in [0.5, 0.6) is 0 Å². The summed E-state index contributed by atoms with van der Waals surface area (Å²) in [6.45, 7) is 0. The summed E-state index contributed by atoms with van der Waals surface area (Å²) in [6, 6.07) is 0. The van der Waals surface area contributed by atoms with Crippen molar-refractivity contribution in [3.63, 3.8) is 0 Å². The van der Waals surface area contributed by atoms with E-state index in [9.17, 15) is 35.5 Å². The minimum Gasteiger partial charge on any atom is -0.315 e. The number of halogens is 8. The zero-order valence-electron chi connectivity index (χ0n) is 11.4. The van der Waals surface area contributed by atoms with Crippen LogP contribution in [0.1, 0.15) is 16.1 Å². The van der Waals surface area contributed by atoms with E-state index in [4.69, 9.17) is 0 Å². The number of benzene rings is 1. The van der Waals surface area contributed by atoms with Gasteiger partial charge in [0.15, 0.2) is 29.0 Å². The van der Waals surface area contributed by atoms with Gasteiger partial charge < -0.3 is 5.32 Å². The molecule has 1 amide bonds. The molecule has 12 heteroatoms. The number of carbonyl (C=O) groups is 1. The van der Waals surface area contributed by atoms with Crippen LogP contribution in [-0.4, -0.2) is 15.7 Å². The number of aryl methyl sites for hydroxylation is 1. The molecule has 0 unspecified atom stereocenters. The van der Waals surface area contributed by atoms with Gasteiger partial charge in [-0.2, -0.15) is 18.3 Å². The van der Waals surface area contributed by atoms with Gasteiger partial charge in [-0.1, -0.05) is 0 Å². The molecule has 0 aliphatic rings. The van der Waals surface area contributed by atoms with E-state index in [1.165, 1.54) is 23.2 Å². The summed E-state index contributed by atoms with van der Waals surface area (Å²) in [4.78, 5) is 11.9. The molecular weight excluding hydrogens is 462 g/mol. The normalized spacial score (nSPS) is 11.7. The SMILES string of the molecule is Cn1cc(I)c(C(=O)Nc2c(F)c(F)c(C(F)(F)F)c(F)c2F)n1. The molecule has 130 valence electrons. The number of anilines is 1. The number of amides is 1. The lowest BCUT2D eigenvalue weighted by Crippen LogP contribution is -2.21. The fraction of sp³-hybridized carbons (Fsp3) is 0.167. The van der Waals surface area contributed by atoms with Crippen molar-refractivity contribution in [2.45, 2.75) is 6.18 Å². The standard InChI is InChI=1S/C12H5F7IN3O/c1-23-2-3(20)9(22-23)11(24)21-10-7(15)5(13)4(12(17,18)19)6(14)8(10)16/h2H,1H3,(H,21,24).